The normalized spacial score (nSPS) is 10.3. The number of carbonyl (C=O) groups is 1. The van der Waals surface area contributed by atoms with Crippen molar-refractivity contribution in [2.45, 2.75) is 6.54 Å². The van der Waals surface area contributed by atoms with E-state index in [0.717, 1.165) is 12.1 Å². The van der Waals surface area contributed by atoms with Gasteiger partial charge in [0.05, 0.1) is 0 Å². The van der Waals surface area contributed by atoms with Gasteiger partial charge in [-0.15, -0.1) is 0 Å². The van der Waals surface area contributed by atoms with Crippen molar-refractivity contribution in [2.24, 2.45) is 5.73 Å². The SMILES string of the molecule is NC(=O)c1cccc(CNc2cc(F)c(F)c(F)c2)c1. The highest BCUT2D eigenvalue weighted by Crippen LogP contribution is 2.18. The lowest BCUT2D eigenvalue weighted by molar-refractivity contribution is 0.1000. The van der Waals surface area contributed by atoms with E-state index < -0.39 is 23.4 Å². The molecule has 0 bridgehead atoms. The number of hydrogen-bond donors (Lipinski definition) is 2. The van der Waals surface area contributed by atoms with Gasteiger partial charge in [0.2, 0.25) is 5.91 Å². The highest BCUT2D eigenvalue weighted by atomic mass is 19.2. The second kappa shape index (κ2) is 5.64. The smallest absolute Gasteiger partial charge is 0.248 e. The number of hydrogen-bond acceptors (Lipinski definition) is 2. The summed E-state index contributed by atoms with van der Waals surface area (Å²) in [6.45, 7) is 0.214. The van der Waals surface area contributed by atoms with Crippen molar-refractivity contribution in [3.8, 4) is 0 Å². The second-order valence-corrected chi connectivity index (χ2v) is 4.17. The Kier molecular flexibility index (Phi) is 3.93. The molecule has 3 N–H and O–H groups in total. The van der Waals surface area contributed by atoms with Gasteiger partial charge in [-0.05, 0) is 17.7 Å². The Morgan fingerprint density at radius 3 is 2.35 bits per heavy atom. The number of halogens is 3. The third kappa shape index (κ3) is 3.09. The largest absolute Gasteiger partial charge is 0.381 e. The molecular weight excluding hydrogens is 269 g/mol. The third-order valence-electron chi connectivity index (χ3n) is 2.69. The second-order valence-electron chi connectivity index (χ2n) is 4.17. The van der Waals surface area contributed by atoms with Crippen molar-refractivity contribution in [1.82, 2.24) is 0 Å². The van der Waals surface area contributed by atoms with Gasteiger partial charge in [0.1, 0.15) is 0 Å². The molecule has 0 aliphatic carbocycles. The van der Waals surface area contributed by atoms with Crippen LogP contribution in [0.3, 0.4) is 0 Å². The van der Waals surface area contributed by atoms with Crippen LogP contribution in [0.1, 0.15) is 15.9 Å². The Hall–Kier alpha value is -2.50. The zero-order valence-corrected chi connectivity index (χ0v) is 10.3. The van der Waals surface area contributed by atoms with Crippen LogP contribution in [0.2, 0.25) is 0 Å². The predicted molar refractivity (Wildman–Crippen MR) is 68.6 cm³/mol. The average Bonchev–Trinajstić information content (AvgIpc) is 2.42. The third-order valence-corrected chi connectivity index (χ3v) is 2.69. The van der Waals surface area contributed by atoms with Crippen molar-refractivity contribution >= 4 is 11.6 Å². The molecule has 2 rings (SSSR count). The summed E-state index contributed by atoms with van der Waals surface area (Å²) in [7, 11) is 0. The van der Waals surface area contributed by atoms with E-state index in [4.69, 9.17) is 5.73 Å². The fourth-order valence-corrected chi connectivity index (χ4v) is 1.70. The summed E-state index contributed by atoms with van der Waals surface area (Å²) in [6, 6.07) is 8.19. The topological polar surface area (TPSA) is 55.1 Å². The molecular formula is C14H11F3N2O. The summed E-state index contributed by atoms with van der Waals surface area (Å²) in [4.78, 5) is 11.0. The molecule has 3 nitrogen and oxygen atoms in total. The number of benzene rings is 2. The zero-order chi connectivity index (χ0) is 14.7. The van der Waals surface area contributed by atoms with E-state index in [1.54, 1.807) is 24.3 Å². The van der Waals surface area contributed by atoms with Gasteiger partial charge in [0, 0.05) is 29.9 Å². The van der Waals surface area contributed by atoms with Crippen LogP contribution in [-0.2, 0) is 6.54 Å². The Labute approximate surface area is 113 Å². The fraction of sp³-hybridized carbons (Fsp3) is 0.0714. The minimum atomic E-state index is -1.51. The van der Waals surface area contributed by atoms with Crippen LogP contribution in [-0.4, -0.2) is 5.91 Å². The van der Waals surface area contributed by atoms with E-state index in [1.165, 1.54) is 0 Å². The van der Waals surface area contributed by atoms with Gasteiger partial charge in [0.15, 0.2) is 17.5 Å². The maximum Gasteiger partial charge on any atom is 0.248 e. The van der Waals surface area contributed by atoms with E-state index >= 15 is 0 Å². The summed E-state index contributed by atoms with van der Waals surface area (Å²) < 4.78 is 38.8. The lowest BCUT2D eigenvalue weighted by Crippen LogP contribution is -2.11. The molecule has 0 radical (unpaired) electrons. The lowest BCUT2D eigenvalue weighted by atomic mass is 10.1. The van der Waals surface area contributed by atoms with E-state index in [2.05, 4.69) is 5.32 Å². The molecule has 2 aromatic carbocycles. The highest BCUT2D eigenvalue weighted by Gasteiger charge is 2.10. The minimum absolute atomic E-state index is 0.103. The van der Waals surface area contributed by atoms with E-state index in [0.29, 0.717) is 11.1 Å². The predicted octanol–water partition coefficient (Wildman–Crippen LogP) is 2.81. The average molecular weight is 280 g/mol. The number of rotatable bonds is 4. The van der Waals surface area contributed by atoms with Crippen LogP contribution in [0.25, 0.3) is 0 Å². The van der Waals surface area contributed by atoms with Crippen molar-refractivity contribution < 1.29 is 18.0 Å². The molecule has 6 heteroatoms. The monoisotopic (exact) mass is 280 g/mol. The maximum atomic E-state index is 13.0. The summed E-state index contributed by atoms with van der Waals surface area (Å²) in [5.74, 6) is -4.60. The lowest BCUT2D eigenvalue weighted by Gasteiger charge is -2.08. The fourth-order valence-electron chi connectivity index (χ4n) is 1.70. The molecule has 2 aromatic rings. The van der Waals surface area contributed by atoms with Gasteiger partial charge in [-0.2, -0.15) is 0 Å². The molecule has 0 aliphatic heterocycles. The quantitative estimate of drug-likeness (QED) is 0.846. The van der Waals surface area contributed by atoms with Crippen molar-refractivity contribution in [3.63, 3.8) is 0 Å². The first-order valence-electron chi connectivity index (χ1n) is 5.74. The molecule has 0 atom stereocenters. The zero-order valence-electron chi connectivity index (χ0n) is 10.3. The van der Waals surface area contributed by atoms with Gasteiger partial charge >= 0.3 is 0 Å². The molecule has 0 unspecified atom stereocenters. The first-order valence-corrected chi connectivity index (χ1v) is 5.74. The Balaban J connectivity index is 2.13. The summed E-state index contributed by atoms with van der Waals surface area (Å²) in [6.07, 6.45) is 0. The van der Waals surface area contributed by atoms with Gasteiger partial charge in [-0.1, -0.05) is 12.1 Å². The Bertz CT molecular complexity index is 636. The van der Waals surface area contributed by atoms with E-state index in [1.807, 2.05) is 0 Å². The molecule has 0 spiro atoms. The van der Waals surface area contributed by atoms with Crippen LogP contribution >= 0.6 is 0 Å². The van der Waals surface area contributed by atoms with Crippen molar-refractivity contribution in [2.75, 3.05) is 5.32 Å². The van der Waals surface area contributed by atoms with Crippen LogP contribution in [0.4, 0.5) is 18.9 Å². The summed E-state index contributed by atoms with van der Waals surface area (Å²) in [5.41, 5.74) is 6.28. The molecule has 1 amide bonds. The molecule has 0 aliphatic rings. The van der Waals surface area contributed by atoms with E-state index in [9.17, 15) is 18.0 Å². The number of nitrogens with one attached hydrogen (secondary N) is 1. The number of carbonyl (C=O) groups excluding carboxylic acids is 1. The van der Waals surface area contributed by atoms with Gasteiger partial charge in [-0.25, -0.2) is 13.2 Å². The van der Waals surface area contributed by atoms with Crippen LogP contribution < -0.4 is 11.1 Å². The molecule has 20 heavy (non-hydrogen) atoms. The minimum Gasteiger partial charge on any atom is -0.381 e. The molecule has 104 valence electrons. The summed E-state index contributed by atoms with van der Waals surface area (Å²) >= 11 is 0. The first-order chi connectivity index (χ1) is 9.47. The standard InChI is InChI=1S/C14H11F3N2O/c15-11-5-10(6-12(16)13(11)17)19-7-8-2-1-3-9(4-8)14(18)20/h1-6,19H,7H2,(H2,18,20). The summed E-state index contributed by atoms with van der Waals surface area (Å²) in [5, 5.41) is 2.74. The molecule has 0 saturated carbocycles. The molecule has 0 fully saturated rings. The Morgan fingerprint density at radius 1 is 1.10 bits per heavy atom. The number of anilines is 1. The van der Waals surface area contributed by atoms with Crippen molar-refractivity contribution in [3.05, 3.63) is 65.0 Å². The number of primary amides is 1. The molecule has 0 aromatic heterocycles. The van der Waals surface area contributed by atoms with Gasteiger partial charge in [-0.3, -0.25) is 4.79 Å². The van der Waals surface area contributed by atoms with Crippen LogP contribution in [0.15, 0.2) is 36.4 Å². The highest BCUT2D eigenvalue weighted by molar-refractivity contribution is 5.92. The Morgan fingerprint density at radius 2 is 1.75 bits per heavy atom. The van der Waals surface area contributed by atoms with Crippen LogP contribution in [0.5, 0.6) is 0 Å². The molecule has 0 heterocycles. The number of amides is 1. The first kappa shape index (κ1) is 13.9. The van der Waals surface area contributed by atoms with Gasteiger partial charge in [0.25, 0.3) is 0 Å². The van der Waals surface area contributed by atoms with Crippen LogP contribution in [0, 0.1) is 17.5 Å². The van der Waals surface area contributed by atoms with E-state index in [-0.39, 0.29) is 12.2 Å². The molecule has 0 saturated heterocycles. The number of nitrogens with two attached hydrogens (primary N) is 1. The maximum absolute atomic E-state index is 13.0. The van der Waals surface area contributed by atoms with Gasteiger partial charge < -0.3 is 11.1 Å². The van der Waals surface area contributed by atoms with Crippen molar-refractivity contribution in [1.29, 1.82) is 0 Å².